The van der Waals surface area contributed by atoms with E-state index < -0.39 is 10.8 Å². The van der Waals surface area contributed by atoms with Crippen LogP contribution in [0, 0.1) is 6.92 Å². The molecule has 0 amide bonds. The fourth-order valence-corrected chi connectivity index (χ4v) is 3.16. The number of anilines is 1. The lowest BCUT2D eigenvalue weighted by Crippen LogP contribution is -2.11. The van der Waals surface area contributed by atoms with Crippen molar-refractivity contribution in [1.82, 2.24) is 14.8 Å². The number of hydrogen-bond acceptors (Lipinski definition) is 4. The number of benzene rings is 1. The van der Waals surface area contributed by atoms with Gasteiger partial charge in [-0.1, -0.05) is 6.07 Å². The molecule has 19 heavy (non-hydrogen) atoms. The van der Waals surface area contributed by atoms with Crippen molar-refractivity contribution < 1.29 is 4.21 Å². The molecule has 2 N–H and O–H groups in total. The Hall–Kier alpha value is -1.69. The fourth-order valence-electron chi connectivity index (χ4n) is 1.87. The molecule has 0 spiro atoms. The van der Waals surface area contributed by atoms with Crippen LogP contribution in [0.4, 0.5) is 5.69 Å². The minimum absolute atomic E-state index is 0.205. The van der Waals surface area contributed by atoms with Crippen LogP contribution in [0.2, 0.25) is 0 Å². The van der Waals surface area contributed by atoms with E-state index in [1.807, 2.05) is 32.9 Å². The Morgan fingerprint density at radius 1 is 1.42 bits per heavy atom. The highest BCUT2D eigenvalue weighted by Crippen LogP contribution is 2.19. The van der Waals surface area contributed by atoms with E-state index in [1.54, 1.807) is 10.7 Å². The average Bonchev–Trinajstić information content (AvgIpc) is 2.80. The molecule has 0 fully saturated rings. The molecule has 0 saturated carbocycles. The van der Waals surface area contributed by atoms with Crippen molar-refractivity contribution in [2.45, 2.75) is 37.5 Å². The number of nitrogens with two attached hydrogens (primary N) is 1. The molecule has 0 aliphatic heterocycles. The van der Waals surface area contributed by atoms with Crippen LogP contribution in [0.15, 0.2) is 29.4 Å². The van der Waals surface area contributed by atoms with Gasteiger partial charge in [-0.3, -0.25) is 4.21 Å². The molecule has 1 atom stereocenters. The third-order valence-corrected chi connectivity index (χ3v) is 4.30. The van der Waals surface area contributed by atoms with E-state index in [1.165, 1.54) is 6.33 Å². The van der Waals surface area contributed by atoms with Crippen LogP contribution in [-0.4, -0.2) is 19.0 Å². The third-order valence-electron chi connectivity index (χ3n) is 2.85. The van der Waals surface area contributed by atoms with Crippen LogP contribution in [0.3, 0.4) is 0 Å². The number of aromatic nitrogens is 3. The molecular weight excluding hydrogens is 260 g/mol. The van der Waals surface area contributed by atoms with Gasteiger partial charge in [-0.05, 0) is 38.5 Å². The first-order valence-corrected chi connectivity index (χ1v) is 7.44. The maximum Gasteiger partial charge on any atom is 0.140 e. The normalized spacial score (nSPS) is 12.8. The first-order valence-electron chi connectivity index (χ1n) is 6.12. The fraction of sp³-hybridized carbons (Fsp3) is 0.385. The monoisotopic (exact) mass is 278 g/mol. The van der Waals surface area contributed by atoms with Crippen LogP contribution in [0.25, 0.3) is 0 Å². The quantitative estimate of drug-likeness (QED) is 0.869. The van der Waals surface area contributed by atoms with Gasteiger partial charge in [0.15, 0.2) is 0 Å². The van der Waals surface area contributed by atoms with Gasteiger partial charge in [-0.25, -0.2) is 9.67 Å². The predicted molar refractivity (Wildman–Crippen MR) is 76.1 cm³/mol. The number of rotatable bonds is 4. The second-order valence-electron chi connectivity index (χ2n) is 4.73. The van der Waals surface area contributed by atoms with Gasteiger partial charge in [0.2, 0.25) is 0 Å². The third kappa shape index (κ3) is 3.01. The summed E-state index contributed by atoms with van der Waals surface area (Å²) in [4.78, 5) is 4.94. The predicted octanol–water partition coefficient (Wildman–Crippen LogP) is 2.06. The second-order valence-corrected chi connectivity index (χ2v) is 6.15. The summed E-state index contributed by atoms with van der Waals surface area (Å²) in [6.07, 6.45) is 1.50. The highest BCUT2D eigenvalue weighted by Gasteiger charge is 2.14. The van der Waals surface area contributed by atoms with Gasteiger partial charge in [-0.2, -0.15) is 5.10 Å². The van der Waals surface area contributed by atoms with E-state index in [0.717, 1.165) is 16.3 Å². The van der Waals surface area contributed by atoms with E-state index in [-0.39, 0.29) is 6.04 Å². The molecule has 1 heterocycles. The first kappa shape index (κ1) is 13.7. The van der Waals surface area contributed by atoms with Crippen LogP contribution in [-0.2, 0) is 16.6 Å². The Morgan fingerprint density at radius 3 is 2.84 bits per heavy atom. The zero-order valence-corrected chi connectivity index (χ0v) is 12.1. The molecule has 2 aromatic rings. The van der Waals surface area contributed by atoms with Crippen molar-refractivity contribution in [2.24, 2.45) is 0 Å². The van der Waals surface area contributed by atoms with Crippen LogP contribution in [0.1, 0.15) is 31.3 Å². The summed E-state index contributed by atoms with van der Waals surface area (Å²) < 4.78 is 14.2. The van der Waals surface area contributed by atoms with E-state index in [0.29, 0.717) is 11.4 Å². The SMILES string of the molecule is Cc1ccc(N)cc1S(=O)Cc1ncnn1C(C)C. The van der Waals surface area contributed by atoms with Crippen molar-refractivity contribution >= 4 is 16.5 Å². The van der Waals surface area contributed by atoms with Crippen molar-refractivity contribution in [3.8, 4) is 0 Å². The molecule has 0 saturated heterocycles. The van der Waals surface area contributed by atoms with Gasteiger partial charge < -0.3 is 5.73 Å². The molecule has 1 aromatic carbocycles. The van der Waals surface area contributed by atoms with Crippen molar-refractivity contribution in [3.63, 3.8) is 0 Å². The summed E-state index contributed by atoms with van der Waals surface area (Å²) in [5.41, 5.74) is 7.35. The summed E-state index contributed by atoms with van der Waals surface area (Å²) in [7, 11) is -1.16. The zero-order chi connectivity index (χ0) is 14.0. The molecule has 0 aliphatic rings. The van der Waals surface area contributed by atoms with Gasteiger partial charge >= 0.3 is 0 Å². The number of aryl methyl sites for hydroxylation is 1. The van der Waals surface area contributed by atoms with Gasteiger partial charge in [0, 0.05) is 16.6 Å². The number of nitrogen functional groups attached to an aromatic ring is 1. The highest BCUT2D eigenvalue weighted by molar-refractivity contribution is 7.84. The molecular formula is C13H18N4OS. The Labute approximate surface area is 115 Å². The summed E-state index contributed by atoms with van der Waals surface area (Å²) in [5.74, 6) is 1.08. The number of nitrogens with zero attached hydrogens (tertiary/aromatic N) is 3. The van der Waals surface area contributed by atoms with Crippen molar-refractivity contribution in [3.05, 3.63) is 35.9 Å². The Kier molecular flexibility index (Phi) is 3.99. The van der Waals surface area contributed by atoms with Gasteiger partial charge in [0.05, 0.1) is 16.6 Å². The lowest BCUT2D eigenvalue weighted by Gasteiger charge is -2.10. The van der Waals surface area contributed by atoms with E-state index >= 15 is 0 Å². The molecule has 0 bridgehead atoms. The largest absolute Gasteiger partial charge is 0.399 e. The molecule has 1 aromatic heterocycles. The molecule has 5 nitrogen and oxygen atoms in total. The van der Waals surface area contributed by atoms with Crippen molar-refractivity contribution in [1.29, 1.82) is 0 Å². The van der Waals surface area contributed by atoms with Gasteiger partial charge in [0.25, 0.3) is 0 Å². The lowest BCUT2D eigenvalue weighted by molar-refractivity contribution is 0.513. The minimum atomic E-state index is -1.16. The summed E-state index contributed by atoms with van der Waals surface area (Å²) in [6.45, 7) is 5.97. The lowest BCUT2D eigenvalue weighted by atomic mass is 10.2. The van der Waals surface area contributed by atoms with Crippen LogP contribution in [0.5, 0.6) is 0 Å². The maximum atomic E-state index is 12.4. The minimum Gasteiger partial charge on any atom is -0.399 e. The van der Waals surface area contributed by atoms with Gasteiger partial charge in [-0.15, -0.1) is 0 Å². The smallest absolute Gasteiger partial charge is 0.140 e. The van der Waals surface area contributed by atoms with Crippen molar-refractivity contribution in [2.75, 3.05) is 5.73 Å². The van der Waals surface area contributed by atoms with Gasteiger partial charge in [0.1, 0.15) is 12.2 Å². The first-order chi connectivity index (χ1) is 8.99. The molecule has 102 valence electrons. The standard InChI is InChI=1S/C13H18N4OS/c1-9(2)17-13(15-8-16-17)7-19(18)12-6-11(14)5-4-10(12)3/h4-6,8-9H,7,14H2,1-3H3. The van der Waals surface area contributed by atoms with E-state index in [2.05, 4.69) is 10.1 Å². The number of hydrogen-bond donors (Lipinski definition) is 1. The molecule has 0 radical (unpaired) electrons. The molecule has 1 unspecified atom stereocenters. The maximum absolute atomic E-state index is 12.4. The zero-order valence-electron chi connectivity index (χ0n) is 11.3. The Balaban J connectivity index is 2.26. The average molecular weight is 278 g/mol. The highest BCUT2D eigenvalue weighted by atomic mass is 32.2. The molecule has 2 rings (SSSR count). The Morgan fingerprint density at radius 2 is 2.16 bits per heavy atom. The summed E-state index contributed by atoms with van der Waals surface area (Å²) in [6, 6.07) is 5.67. The topological polar surface area (TPSA) is 73.8 Å². The van der Waals surface area contributed by atoms with E-state index in [4.69, 9.17) is 5.73 Å². The molecule has 0 aliphatic carbocycles. The van der Waals surface area contributed by atoms with Crippen LogP contribution >= 0.6 is 0 Å². The van der Waals surface area contributed by atoms with Crippen LogP contribution < -0.4 is 5.73 Å². The Bertz CT molecular complexity index is 606. The summed E-state index contributed by atoms with van der Waals surface area (Å²) >= 11 is 0. The summed E-state index contributed by atoms with van der Waals surface area (Å²) in [5, 5.41) is 4.15. The molecule has 6 heteroatoms. The second kappa shape index (κ2) is 5.52. The van der Waals surface area contributed by atoms with E-state index in [9.17, 15) is 4.21 Å².